The second kappa shape index (κ2) is 9.98. The molecule has 1 aromatic heterocycles. The number of halogens is 2. The molecule has 0 bridgehead atoms. The van der Waals surface area contributed by atoms with Crippen molar-refractivity contribution < 1.29 is 19.1 Å². The van der Waals surface area contributed by atoms with Gasteiger partial charge in [-0.3, -0.25) is 9.59 Å². The van der Waals surface area contributed by atoms with Crippen molar-refractivity contribution in [3.8, 4) is 0 Å². The van der Waals surface area contributed by atoms with E-state index < -0.39 is 17.4 Å². The average Bonchev–Trinajstić information content (AvgIpc) is 2.73. The zero-order chi connectivity index (χ0) is 22.5. The van der Waals surface area contributed by atoms with Gasteiger partial charge in [0.15, 0.2) is 0 Å². The standard InChI is InChI=1S/C23H21Cl2NO5/c1-3-30-23(29)17-13-26(10-11-31-14(2)27)19-9-5-6-15(20(19)22(17)28)12-16-7-4-8-18(24)21(16)25/h4-9,13H,3,10-12H2,1-2H3. The molecule has 3 aromatic rings. The van der Waals surface area contributed by atoms with Crippen molar-refractivity contribution in [1.29, 1.82) is 0 Å². The minimum Gasteiger partial charge on any atom is -0.464 e. The number of esters is 2. The van der Waals surface area contributed by atoms with E-state index in [9.17, 15) is 14.4 Å². The van der Waals surface area contributed by atoms with Gasteiger partial charge in [0.1, 0.15) is 12.2 Å². The van der Waals surface area contributed by atoms with Gasteiger partial charge >= 0.3 is 11.9 Å². The van der Waals surface area contributed by atoms with Crippen molar-refractivity contribution in [3.63, 3.8) is 0 Å². The third kappa shape index (κ3) is 5.09. The van der Waals surface area contributed by atoms with Crippen molar-refractivity contribution in [2.45, 2.75) is 26.8 Å². The highest BCUT2D eigenvalue weighted by Crippen LogP contribution is 2.29. The number of carbonyl (C=O) groups excluding carboxylic acids is 2. The summed E-state index contributed by atoms with van der Waals surface area (Å²) in [5.74, 6) is -1.11. The first kappa shape index (κ1) is 22.8. The van der Waals surface area contributed by atoms with E-state index in [1.807, 2.05) is 18.2 Å². The van der Waals surface area contributed by atoms with Gasteiger partial charge in [-0.2, -0.15) is 0 Å². The van der Waals surface area contributed by atoms with Gasteiger partial charge in [0, 0.05) is 13.1 Å². The average molecular weight is 462 g/mol. The Morgan fingerprint density at radius 3 is 2.45 bits per heavy atom. The fraction of sp³-hybridized carbons (Fsp3) is 0.261. The highest BCUT2D eigenvalue weighted by atomic mass is 35.5. The molecule has 0 aliphatic rings. The zero-order valence-corrected chi connectivity index (χ0v) is 18.6. The molecule has 3 rings (SSSR count). The fourth-order valence-corrected chi connectivity index (χ4v) is 3.76. The number of fused-ring (bicyclic) bond motifs is 1. The number of rotatable bonds is 7. The van der Waals surface area contributed by atoms with Crippen LogP contribution in [0.25, 0.3) is 10.9 Å². The van der Waals surface area contributed by atoms with Crippen molar-refractivity contribution in [2.75, 3.05) is 13.2 Å². The van der Waals surface area contributed by atoms with Gasteiger partial charge in [-0.25, -0.2) is 4.79 Å². The smallest absolute Gasteiger partial charge is 0.343 e. The molecule has 0 radical (unpaired) electrons. The number of aromatic nitrogens is 1. The lowest BCUT2D eigenvalue weighted by Gasteiger charge is -2.16. The SMILES string of the molecule is CCOC(=O)c1cn(CCOC(C)=O)c2cccc(Cc3cccc(Cl)c3Cl)c2c1=O. The molecule has 31 heavy (non-hydrogen) atoms. The van der Waals surface area contributed by atoms with Crippen LogP contribution in [0.1, 0.15) is 35.3 Å². The number of hydrogen-bond donors (Lipinski definition) is 0. The van der Waals surface area contributed by atoms with Crippen LogP contribution in [0.2, 0.25) is 10.0 Å². The first-order valence-corrected chi connectivity index (χ1v) is 10.5. The van der Waals surface area contributed by atoms with Gasteiger partial charge < -0.3 is 14.0 Å². The summed E-state index contributed by atoms with van der Waals surface area (Å²) < 4.78 is 11.8. The van der Waals surface area contributed by atoms with Crippen molar-refractivity contribution >= 4 is 46.0 Å². The molecule has 162 valence electrons. The van der Waals surface area contributed by atoms with E-state index in [1.54, 1.807) is 29.7 Å². The lowest BCUT2D eigenvalue weighted by Crippen LogP contribution is -2.23. The predicted molar refractivity (Wildman–Crippen MR) is 120 cm³/mol. The molecule has 1 heterocycles. The first-order chi connectivity index (χ1) is 14.8. The third-order valence-corrected chi connectivity index (χ3v) is 5.60. The van der Waals surface area contributed by atoms with E-state index in [4.69, 9.17) is 32.7 Å². The molecular weight excluding hydrogens is 441 g/mol. The van der Waals surface area contributed by atoms with Gasteiger partial charge in [0.2, 0.25) is 5.43 Å². The zero-order valence-electron chi connectivity index (χ0n) is 17.1. The topological polar surface area (TPSA) is 74.6 Å². The maximum absolute atomic E-state index is 13.3. The number of carbonyl (C=O) groups is 2. The fourth-order valence-electron chi connectivity index (χ4n) is 3.37. The number of hydrogen-bond acceptors (Lipinski definition) is 5. The number of benzene rings is 2. The maximum Gasteiger partial charge on any atom is 0.343 e. The molecule has 0 spiro atoms. The van der Waals surface area contributed by atoms with E-state index >= 15 is 0 Å². The van der Waals surface area contributed by atoms with Gasteiger partial charge in [-0.1, -0.05) is 47.5 Å². The minimum atomic E-state index is -0.703. The van der Waals surface area contributed by atoms with Gasteiger partial charge in [0.05, 0.1) is 34.1 Å². The summed E-state index contributed by atoms with van der Waals surface area (Å²) in [4.78, 5) is 36.9. The van der Waals surface area contributed by atoms with Crippen LogP contribution in [-0.2, 0) is 27.2 Å². The van der Waals surface area contributed by atoms with Crippen LogP contribution in [0, 0.1) is 0 Å². The van der Waals surface area contributed by atoms with Crippen molar-refractivity contribution in [2.24, 2.45) is 0 Å². The molecule has 2 aromatic carbocycles. The third-order valence-electron chi connectivity index (χ3n) is 4.74. The number of nitrogens with zero attached hydrogens (tertiary/aromatic N) is 1. The molecule has 0 aliphatic carbocycles. The van der Waals surface area contributed by atoms with Crippen LogP contribution in [0.15, 0.2) is 47.4 Å². The summed E-state index contributed by atoms with van der Waals surface area (Å²) >= 11 is 12.5. The maximum atomic E-state index is 13.3. The highest BCUT2D eigenvalue weighted by molar-refractivity contribution is 6.42. The van der Waals surface area contributed by atoms with Crippen LogP contribution in [0.5, 0.6) is 0 Å². The van der Waals surface area contributed by atoms with Crippen LogP contribution >= 0.6 is 23.2 Å². The van der Waals surface area contributed by atoms with Crippen LogP contribution in [0.3, 0.4) is 0 Å². The predicted octanol–water partition coefficient (Wildman–Crippen LogP) is 4.64. The lowest BCUT2D eigenvalue weighted by molar-refractivity contribution is -0.141. The quantitative estimate of drug-likeness (QED) is 0.479. The van der Waals surface area contributed by atoms with E-state index in [1.165, 1.54) is 13.1 Å². The molecule has 0 N–H and O–H groups in total. The van der Waals surface area contributed by atoms with Crippen molar-refractivity contribution in [1.82, 2.24) is 4.57 Å². The van der Waals surface area contributed by atoms with E-state index in [-0.39, 0.29) is 25.3 Å². The Balaban J connectivity index is 2.18. The second-order valence-electron chi connectivity index (χ2n) is 6.83. The van der Waals surface area contributed by atoms with Gasteiger partial charge in [0.25, 0.3) is 0 Å². The summed E-state index contributed by atoms with van der Waals surface area (Å²) in [5, 5.41) is 1.22. The Labute approximate surface area is 189 Å². The second-order valence-corrected chi connectivity index (χ2v) is 7.61. The summed E-state index contributed by atoms with van der Waals surface area (Å²) in [7, 11) is 0. The van der Waals surface area contributed by atoms with Crippen LogP contribution in [-0.4, -0.2) is 29.7 Å². The molecule has 0 aliphatic heterocycles. The Bertz CT molecular complexity index is 1200. The van der Waals surface area contributed by atoms with Gasteiger partial charge in [-0.05, 0) is 36.6 Å². The molecule has 0 amide bonds. The summed E-state index contributed by atoms with van der Waals surface area (Å²) in [5.41, 5.74) is 1.56. The number of ether oxygens (including phenoxy) is 2. The van der Waals surface area contributed by atoms with E-state index in [0.717, 1.165) is 5.56 Å². The van der Waals surface area contributed by atoms with Crippen LogP contribution in [0.4, 0.5) is 0 Å². The Morgan fingerprint density at radius 2 is 1.74 bits per heavy atom. The molecule has 6 nitrogen and oxygen atoms in total. The molecule has 0 atom stereocenters. The summed E-state index contributed by atoms with van der Waals surface area (Å²) in [6.45, 7) is 3.50. The molecule has 8 heteroatoms. The highest BCUT2D eigenvalue weighted by Gasteiger charge is 2.19. The largest absolute Gasteiger partial charge is 0.464 e. The first-order valence-electron chi connectivity index (χ1n) is 9.71. The molecule has 0 saturated carbocycles. The minimum absolute atomic E-state index is 0.0817. The molecular formula is C23H21Cl2NO5. The van der Waals surface area contributed by atoms with E-state index in [2.05, 4.69) is 0 Å². The molecule has 0 saturated heterocycles. The lowest BCUT2D eigenvalue weighted by atomic mass is 9.98. The normalized spacial score (nSPS) is 10.8. The van der Waals surface area contributed by atoms with Crippen molar-refractivity contribution in [3.05, 3.63) is 79.6 Å². The van der Waals surface area contributed by atoms with E-state index in [0.29, 0.717) is 32.9 Å². The molecule has 0 unspecified atom stereocenters. The summed E-state index contributed by atoms with van der Waals surface area (Å²) in [6.07, 6.45) is 1.80. The van der Waals surface area contributed by atoms with Crippen LogP contribution < -0.4 is 5.43 Å². The Kier molecular flexibility index (Phi) is 7.36. The summed E-state index contributed by atoms with van der Waals surface area (Å²) in [6, 6.07) is 10.7. The monoisotopic (exact) mass is 461 g/mol. The van der Waals surface area contributed by atoms with Gasteiger partial charge in [-0.15, -0.1) is 0 Å². The molecule has 0 fully saturated rings. The Hall–Kier alpha value is -2.83. The number of pyridine rings is 1. The Morgan fingerprint density at radius 1 is 1.03 bits per heavy atom.